The maximum absolute atomic E-state index is 12.7. The van der Waals surface area contributed by atoms with Crippen molar-refractivity contribution in [1.29, 1.82) is 0 Å². The summed E-state index contributed by atoms with van der Waals surface area (Å²) < 4.78 is 4.81. The van der Waals surface area contributed by atoms with Gasteiger partial charge in [-0.05, 0) is 25.8 Å². The van der Waals surface area contributed by atoms with Gasteiger partial charge in [0.1, 0.15) is 11.0 Å². The van der Waals surface area contributed by atoms with E-state index in [4.69, 9.17) is 4.74 Å². The number of hydrogen-bond acceptors (Lipinski definition) is 7. The van der Waals surface area contributed by atoms with Crippen molar-refractivity contribution in [3.8, 4) is 10.6 Å². The van der Waals surface area contributed by atoms with Crippen LogP contribution in [0.1, 0.15) is 39.2 Å². The summed E-state index contributed by atoms with van der Waals surface area (Å²) in [6.07, 6.45) is -0.0615. The molecular formula is C20H26N4O4S. The van der Waals surface area contributed by atoms with Gasteiger partial charge in [0.2, 0.25) is 16.9 Å². The second kappa shape index (κ2) is 10.7. The molecule has 0 bridgehead atoms. The van der Waals surface area contributed by atoms with E-state index < -0.39 is 12.0 Å². The molecular weight excluding hydrogens is 392 g/mol. The Labute approximate surface area is 174 Å². The van der Waals surface area contributed by atoms with Crippen molar-refractivity contribution in [2.45, 2.75) is 46.6 Å². The molecule has 2 N–H and O–H groups in total. The summed E-state index contributed by atoms with van der Waals surface area (Å²) >= 11 is 1.26. The normalized spacial score (nSPS) is 11.8. The summed E-state index contributed by atoms with van der Waals surface area (Å²) in [7, 11) is 0. The first-order chi connectivity index (χ1) is 13.8. The number of aromatic nitrogens is 2. The van der Waals surface area contributed by atoms with Crippen molar-refractivity contribution >= 4 is 34.3 Å². The van der Waals surface area contributed by atoms with Gasteiger partial charge in [0.25, 0.3) is 0 Å². The van der Waals surface area contributed by atoms with Gasteiger partial charge in [0.15, 0.2) is 0 Å². The lowest BCUT2D eigenvalue weighted by atomic mass is 10.0. The summed E-state index contributed by atoms with van der Waals surface area (Å²) in [5.74, 6) is -1.35. The van der Waals surface area contributed by atoms with E-state index in [0.29, 0.717) is 10.1 Å². The van der Waals surface area contributed by atoms with Crippen molar-refractivity contribution in [3.05, 3.63) is 29.8 Å². The van der Waals surface area contributed by atoms with E-state index in [1.165, 1.54) is 11.3 Å². The molecule has 1 aromatic carbocycles. The molecule has 1 atom stereocenters. The van der Waals surface area contributed by atoms with E-state index in [1.807, 2.05) is 45.0 Å². The third-order valence-electron chi connectivity index (χ3n) is 4.05. The number of ether oxygens (including phenoxy) is 1. The molecule has 1 heterocycles. The molecule has 0 spiro atoms. The number of hydrogen-bond donors (Lipinski definition) is 2. The molecule has 0 radical (unpaired) electrons. The van der Waals surface area contributed by atoms with Gasteiger partial charge in [-0.1, -0.05) is 48.9 Å². The van der Waals surface area contributed by atoms with E-state index in [1.54, 1.807) is 6.92 Å². The number of amides is 2. The van der Waals surface area contributed by atoms with Crippen molar-refractivity contribution in [1.82, 2.24) is 15.5 Å². The van der Waals surface area contributed by atoms with Crippen LogP contribution in [0.15, 0.2) is 24.3 Å². The van der Waals surface area contributed by atoms with Gasteiger partial charge in [-0.15, -0.1) is 10.2 Å². The fraction of sp³-hybridized carbons (Fsp3) is 0.450. The third-order valence-corrected chi connectivity index (χ3v) is 4.94. The molecule has 0 saturated carbocycles. The molecule has 0 fully saturated rings. The highest BCUT2D eigenvalue weighted by atomic mass is 32.1. The number of nitrogens with zero attached hydrogens (tertiary/aromatic N) is 2. The molecule has 2 aromatic rings. The molecule has 1 aromatic heterocycles. The van der Waals surface area contributed by atoms with Crippen molar-refractivity contribution in [2.24, 2.45) is 5.92 Å². The Morgan fingerprint density at radius 1 is 1.17 bits per heavy atom. The number of carbonyl (C=O) groups excluding carboxylic acids is 3. The van der Waals surface area contributed by atoms with Gasteiger partial charge in [-0.2, -0.15) is 0 Å². The van der Waals surface area contributed by atoms with E-state index in [9.17, 15) is 14.4 Å². The average molecular weight is 419 g/mol. The molecule has 0 aliphatic carbocycles. The zero-order valence-electron chi connectivity index (χ0n) is 17.0. The van der Waals surface area contributed by atoms with E-state index in [0.717, 1.165) is 11.1 Å². The maximum Gasteiger partial charge on any atom is 0.306 e. The number of aryl methyl sites for hydroxylation is 1. The van der Waals surface area contributed by atoms with Gasteiger partial charge in [-0.25, -0.2) is 0 Å². The second-order valence-electron chi connectivity index (χ2n) is 6.87. The largest absolute Gasteiger partial charge is 0.466 e. The molecule has 2 rings (SSSR count). The molecule has 156 valence electrons. The predicted molar refractivity (Wildman–Crippen MR) is 111 cm³/mol. The number of esters is 1. The quantitative estimate of drug-likeness (QED) is 0.606. The first-order valence-corrected chi connectivity index (χ1v) is 10.3. The molecule has 0 aliphatic heterocycles. The highest BCUT2D eigenvalue weighted by molar-refractivity contribution is 7.18. The summed E-state index contributed by atoms with van der Waals surface area (Å²) in [6.45, 7) is 7.62. The van der Waals surface area contributed by atoms with Crippen LogP contribution in [0.2, 0.25) is 0 Å². The zero-order valence-corrected chi connectivity index (χ0v) is 17.8. The minimum absolute atomic E-state index is 0.0254. The van der Waals surface area contributed by atoms with Gasteiger partial charge in [0.05, 0.1) is 13.0 Å². The predicted octanol–water partition coefficient (Wildman–Crippen LogP) is 2.94. The first-order valence-electron chi connectivity index (χ1n) is 9.46. The number of carbonyl (C=O) groups is 3. The van der Waals surface area contributed by atoms with E-state index >= 15 is 0 Å². The fourth-order valence-corrected chi connectivity index (χ4v) is 3.32. The Hall–Kier alpha value is -2.81. The Balaban J connectivity index is 1.97. The van der Waals surface area contributed by atoms with Crippen LogP contribution < -0.4 is 10.6 Å². The lowest BCUT2D eigenvalue weighted by molar-refractivity contribution is -0.144. The van der Waals surface area contributed by atoms with Crippen LogP contribution in [0.25, 0.3) is 10.6 Å². The maximum atomic E-state index is 12.7. The van der Waals surface area contributed by atoms with Crippen LogP contribution in [0, 0.1) is 12.8 Å². The fourth-order valence-electron chi connectivity index (χ4n) is 2.58. The summed E-state index contributed by atoms with van der Waals surface area (Å²) in [5, 5.41) is 14.6. The smallest absolute Gasteiger partial charge is 0.306 e. The lowest BCUT2D eigenvalue weighted by Gasteiger charge is -2.20. The summed E-state index contributed by atoms with van der Waals surface area (Å²) in [4.78, 5) is 36.2. The number of benzene rings is 1. The Bertz CT molecular complexity index is 866. The van der Waals surface area contributed by atoms with Crippen LogP contribution in [-0.4, -0.2) is 40.6 Å². The zero-order chi connectivity index (χ0) is 21.4. The molecule has 0 aliphatic rings. The molecule has 1 unspecified atom stereocenters. The van der Waals surface area contributed by atoms with Gasteiger partial charge in [-0.3, -0.25) is 19.7 Å². The lowest BCUT2D eigenvalue weighted by Crippen LogP contribution is -2.47. The number of anilines is 1. The van der Waals surface area contributed by atoms with Crippen molar-refractivity contribution in [3.63, 3.8) is 0 Å². The average Bonchev–Trinajstić information content (AvgIpc) is 3.13. The summed E-state index contributed by atoms with van der Waals surface area (Å²) in [6, 6.07) is 7.10. The molecule has 2 amide bonds. The topological polar surface area (TPSA) is 110 Å². The SMILES string of the molecule is CCOC(=O)CCC(=O)NC(C(=O)Nc1nnc(-c2cccc(C)c2)s1)C(C)C. The van der Waals surface area contributed by atoms with Gasteiger partial charge in [0, 0.05) is 12.0 Å². The second-order valence-corrected chi connectivity index (χ2v) is 7.84. The van der Waals surface area contributed by atoms with Crippen molar-refractivity contribution < 1.29 is 19.1 Å². The number of nitrogens with one attached hydrogen (secondary N) is 2. The van der Waals surface area contributed by atoms with E-state index in [-0.39, 0.29) is 37.2 Å². The molecule has 8 nitrogen and oxygen atoms in total. The van der Waals surface area contributed by atoms with Crippen LogP contribution in [0.5, 0.6) is 0 Å². The molecule has 9 heteroatoms. The van der Waals surface area contributed by atoms with Gasteiger partial charge < -0.3 is 10.1 Å². The monoisotopic (exact) mass is 418 g/mol. The molecule has 29 heavy (non-hydrogen) atoms. The molecule has 0 saturated heterocycles. The van der Waals surface area contributed by atoms with E-state index in [2.05, 4.69) is 20.8 Å². The Kier molecular flexibility index (Phi) is 8.26. The van der Waals surface area contributed by atoms with Crippen LogP contribution in [0.3, 0.4) is 0 Å². The minimum atomic E-state index is -0.754. The highest BCUT2D eigenvalue weighted by Crippen LogP contribution is 2.27. The Morgan fingerprint density at radius 2 is 1.93 bits per heavy atom. The standard InChI is InChI=1S/C20H26N4O4S/c1-5-28-16(26)10-9-15(25)21-17(12(2)3)18(27)22-20-24-23-19(29-20)14-8-6-7-13(4)11-14/h6-8,11-12,17H,5,9-10H2,1-4H3,(H,21,25)(H,22,24,27). The third kappa shape index (κ3) is 6.94. The van der Waals surface area contributed by atoms with Crippen LogP contribution >= 0.6 is 11.3 Å². The van der Waals surface area contributed by atoms with Gasteiger partial charge >= 0.3 is 5.97 Å². The highest BCUT2D eigenvalue weighted by Gasteiger charge is 2.25. The summed E-state index contributed by atoms with van der Waals surface area (Å²) in [5.41, 5.74) is 2.03. The van der Waals surface area contributed by atoms with Crippen LogP contribution in [0.4, 0.5) is 5.13 Å². The number of rotatable bonds is 9. The minimum Gasteiger partial charge on any atom is -0.466 e. The first kappa shape index (κ1) is 22.5. The van der Waals surface area contributed by atoms with Crippen LogP contribution in [-0.2, 0) is 19.1 Å². The van der Waals surface area contributed by atoms with Crippen molar-refractivity contribution in [2.75, 3.05) is 11.9 Å². The Morgan fingerprint density at radius 3 is 2.59 bits per heavy atom.